The third-order valence-electron chi connectivity index (χ3n) is 5.28. The Balaban J connectivity index is 1.82. The van der Waals surface area contributed by atoms with E-state index in [-0.39, 0.29) is 16.0 Å². The molecular weight excluding hydrogens is 540 g/mol. The van der Waals surface area contributed by atoms with Crippen molar-refractivity contribution in [3.8, 4) is 22.8 Å². The Morgan fingerprint density at radius 2 is 1.65 bits per heavy atom. The summed E-state index contributed by atoms with van der Waals surface area (Å²) in [6.07, 6.45) is 2.62. The maximum atomic E-state index is 13.7. The largest absolute Gasteiger partial charge is 0.286 e. The summed E-state index contributed by atoms with van der Waals surface area (Å²) in [4.78, 5) is 23.0. The van der Waals surface area contributed by atoms with Crippen LogP contribution in [0.2, 0.25) is 5.02 Å². The van der Waals surface area contributed by atoms with E-state index in [0.717, 1.165) is 16.3 Å². The van der Waals surface area contributed by atoms with Gasteiger partial charge in [0.2, 0.25) is 0 Å². The lowest BCUT2D eigenvalue weighted by atomic mass is 10.2. The highest BCUT2D eigenvalue weighted by Crippen LogP contribution is 2.26. The van der Waals surface area contributed by atoms with Crippen molar-refractivity contribution in [3.63, 3.8) is 0 Å². The summed E-state index contributed by atoms with van der Waals surface area (Å²) >= 11 is 9.49. The first-order valence-corrected chi connectivity index (χ1v) is 13.1. The van der Waals surface area contributed by atoms with E-state index in [1.807, 2.05) is 24.3 Å². The average Bonchev–Trinajstić information content (AvgIpc) is 3.24. The van der Waals surface area contributed by atoms with E-state index in [1.165, 1.54) is 23.0 Å². The van der Waals surface area contributed by atoms with E-state index in [4.69, 9.17) is 16.6 Å². The molecule has 0 fully saturated rings. The molecular formula is C24H16BrClN4O3S. The highest BCUT2D eigenvalue weighted by molar-refractivity contribution is 9.10. The summed E-state index contributed by atoms with van der Waals surface area (Å²) in [7, 11) is -3.41. The number of hydrogen-bond donors (Lipinski definition) is 0. The predicted octanol–water partition coefficient (Wildman–Crippen LogP) is 5.06. The van der Waals surface area contributed by atoms with E-state index >= 15 is 0 Å². The maximum Gasteiger partial charge on any atom is 0.286 e. The number of imidazole rings is 1. The van der Waals surface area contributed by atoms with E-state index in [2.05, 4.69) is 20.9 Å². The lowest BCUT2D eigenvalue weighted by Gasteiger charge is -2.14. The van der Waals surface area contributed by atoms with Crippen molar-refractivity contribution in [2.24, 2.45) is 0 Å². The molecule has 170 valence electrons. The monoisotopic (exact) mass is 554 g/mol. The van der Waals surface area contributed by atoms with Gasteiger partial charge < -0.3 is 0 Å². The number of halogens is 2. The molecule has 3 aromatic carbocycles. The van der Waals surface area contributed by atoms with Gasteiger partial charge in [0.1, 0.15) is 12.2 Å². The standard InChI is InChI=1S/C24H16BrClN4O3S/c1-34(32,33)20-4-2-3-19(13-20)29-14-27-21-23(29)28-22(15-5-7-16(25)8-6-15)30(24(21)31)18-11-9-17(26)10-12-18/h2-14H,1H3. The molecule has 10 heteroatoms. The van der Waals surface area contributed by atoms with Crippen molar-refractivity contribution in [2.45, 2.75) is 4.90 Å². The number of fused-ring (bicyclic) bond motifs is 1. The zero-order valence-electron chi connectivity index (χ0n) is 17.7. The van der Waals surface area contributed by atoms with Crippen molar-refractivity contribution in [1.82, 2.24) is 19.1 Å². The summed E-state index contributed by atoms with van der Waals surface area (Å²) in [5.41, 5.74) is 1.95. The van der Waals surface area contributed by atoms with Crippen molar-refractivity contribution in [3.05, 3.63) is 99.0 Å². The first-order chi connectivity index (χ1) is 16.2. The van der Waals surface area contributed by atoms with Crippen molar-refractivity contribution >= 4 is 48.5 Å². The highest BCUT2D eigenvalue weighted by Gasteiger charge is 2.19. The van der Waals surface area contributed by atoms with E-state index in [0.29, 0.717) is 27.9 Å². The van der Waals surface area contributed by atoms with Crippen molar-refractivity contribution in [1.29, 1.82) is 0 Å². The molecule has 0 amide bonds. The third-order valence-corrected chi connectivity index (χ3v) is 7.17. The molecule has 0 aliphatic heterocycles. The minimum atomic E-state index is -3.41. The first kappa shape index (κ1) is 22.5. The molecule has 0 N–H and O–H groups in total. The molecule has 7 nitrogen and oxygen atoms in total. The fourth-order valence-electron chi connectivity index (χ4n) is 3.63. The molecule has 0 radical (unpaired) electrons. The highest BCUT2D eigenvalue weighted by atomic mass is 79.9. The van der Waals surface area contributed by atoms with Gasteiger partial charge in [0.25, 0.3) is 5.56 Å². The van der Waals surface area contributed by atoms with Crippen LogP contribution in [0.25, 0.3) is 33.9 Å². The number of sulfone groups is 1. The van der Waals surface area contributed by atoms with E-state index in [1.54, 1.807) is 41.0 Å². The minimum absolute atomic E-state index is 0.153. The topological polar surface area (TPSA) is 86.9 Å². The van der Waals surface area contributed by atoms with Crippen LogP contribution >= 0.6 is 27.5 Å². The van der Waals surface area contributed by atoms with Crippen LogP contribution in [0.1, 0.15) is 0 Å². The Morgan fingerprint density at radius 1 is 0.941 bits per heavy atom. The van der Waals surface area contributed by atoms with Gasteiger partial charge in [-0.1, -0.05) is 45.7 Å². The second kappa shape index (κ2) is 8.50. The van der Waals surface area contributed by atoms with Gasteiger partial charge in [-0.3, -0.25) is 13.9 Å². The number of benzene rings is 3. The molecule has 2 heterocycles. The second-order valence-electron chi connectivity index (χ2n) is 7.62. The van der Waals surface area contributed by atoms with E-state index < -0.39 is 9.84 Å². The average molecular weight is 556 g/mol. The second-order valence-corrected chi connectivity index (χ2v) is 11.0. The Labute approximate surface area is 208 Å². The molecule has 0 aliphatic rings. The van der Waals surface area contributed by atoms with Crippen LogP contribution in [0.4, 0.5) is 0 Å². The number of rotatable bonds is 4. The molecule has 0 saturated carbocycles. The predicted molar refractivity (Wildman–Crippen MR) is 136 cm³/mol. The molecule has 0 aliphatic carbocycles. The lowest BCUT2D eigenvalue weighted by molar-refractivity contribution is 0.602. The van der Waals surface area contributed by atoms with Gasteiger partial charge >= 0.3 is 0 Å². The molecule has 5 aromatic rings. The normalized spacial score (nSPS) is 11.7. The molecule has 5 rings (SSSR count). The Kier molecular flexibility index (Phi) is 5.63. The summed E-state index contributed by atoms with van der Waals surface area (Å²) in [5.74, 6) is 0.411. The zero-order chi connectivity index (χ0) is 24.0. The molecule has 0 atom stereocenters. The van der Waals surface area contributed by atoms with Crippen LogP contribution in [0.15, 0.2) is 93.3 Å². The zero-order valence-corrected chi connectivity index (χ0v) is 20.8. The first-order valence-electron chi connectivity index (χ1n) is 10.0. The fraction of sp³-hybridized carbons (Fsp3) is 0.0417. The van der Waals surface area contributed by atoms with Crippen LogP contribution in [0.5, 0.6) is 0 Å². The Morgan fingerprint density at radius 3 is 2.32 bits per heavy atom. The van der Waals surface area contributed by atoms with Crippen LogP contribution < -0.4 is 5.56 Å². The molecule has 0 saturated heterocycles. The maximum absolute atomic E-state index is 13.7. The number of nitrogens with zero attached hydrogens (tertiary/aromatic N) is 4. The Hall–Kier alpha value is -3.27. The van der Waals surface area contributed by atoms with Crippen LogP contribution in [0, 0.1) is 0 Å². The van der Waals surface area contributed by atoms with Crippen LogP contribution in [-0.4, -0.2) is 33.8 Å². The summed E-state index contributed by atoms with van der Waals surface area (Å²) < 4.78 is 28.1. The summed E-state index contributed by atoms with van der Waals surface area (Å²) in [5, 5.41) is 0.547. The smallest absolute Gasteiger partial charge is 0.283 e. The summed E-state index contributed by atoms with van der Waals surface area (Å²) in [6, 6.07) is 20.8. The molecule has 0 bridgehead atoms. The van der Waals surface area contributed by atoms with E-state index in [9.17, 15) is 13.2 Å². The van der Waals surface area contributed by atoms with Gasteiger partial charge in [-0.2, -0.15) is 0 Å². The van der Waals surface area contributed by atoms with Gasteiger partial charge in [-0.25, -0.2) is 18.4 Å². The Bertz CT molecular complexity index is 1710. The SMILES string of the molecule is CS(=O)(=O)c1cccc(-n2cnc3c(=O)n(-c4ccc(Cl)cc4)c(-c4ccc(Br)cc4)nc32)c1. The fourth-order valence-corrected chi connectivity index (χ4v) is 4.68. The lowest BCUT2D eigenvalue weighted by Crippen LogP contribution is -2.22. The van der Waals surface area contributed by atoms with Gasteiger partial charge in [-0.15, -0.1) is 0 Å². The molecule has 34 heavy (non-hydrogen) atoms. The summed E-state index contributed by atoms with van der Waals surface area (Å²) in [6.45, 7) is 0. The van der Waals surface area contributed by atoms with Crippen molar-refractivity contribution in [2.75, 3.05) is 6.26 Å². The third kappa shape index (κ3) is 4.06. The number of aromatic nitrogens is 4. The number of hydrogen-bond acceptors (Lipinski definition) is 5. The minimum Gasteiger partial charge on any atom is -0.283 e. The van der Waals surface area contributed by atoms with Crippen LogP contribution in [-0.2, 0) is 9.84 Å². The molecule has 2 aromatic heterocycles. The van der Waals surface area contributed by atoms with Gasteiger partial charge in [0.15, 0.2) is 21.0 Å². The van der Waals surface area contributed by atoms with Crippen LogP contribution in [0.3, 0.4) is 0 Å². The molecule has 0 spiro atoms. The van der Waals surface area contributed by atoms with Gasteiger partial charge in [0.05, 0.1) is 10.6 Å². The quantitative estimate of drug-likeness (QED) is 0.309. The van der Waals surface area contributed by atoms with Gasteiger partial charge in [-0.05, 0) is 54.6 Å². The van der Waals surface area contributed by atoms with Gasteiger partial charge in [0, 0.05) is 27.0 Å². The molecule has 0 unspecified atom stereocenters. The van der Waals surface area contributed by atoms with Crippen molar-refractivity contribution < 1.29 is 8.42 Å².